The molecule has 0 aromatic heterocycles. The molecule has 1 aliphatic carbocycles. The molecule has 0 amide bonds. The molecule has 2 rings (SSSR count). The van der Waals surface area contributed by atoms with E-state index in [-0.39, 0.29) is 0 Å². The number of fused-ring (bicyclic) bond motifs is 1. The summed E-state index contributed by atoms with van der Waals surface area (Å²) in [6.45, 7) is 6.85. The van der Waals surface area contributed by atoms with Gasteiger partial charge in [-0.25, -0.2) is 0 Å². The van der Waals surface area contributed by atoms with Crippen LogP contribution in [0.3, 0.4) is 0 Å². The summed E-state index contributed by atoms with van der Waals surface area (Å²) in [6, 6.07) is 7.56. The second kappa shape index (κ2) is 5.75. The lowest BCUT2D eigenvalue weighted by Gasteiger charge is -2.22. The van der Waals surface area contributed by atoms with Gasteiger partial charge in [0.2, 0.25) is 0 Å². The van der Waals surface area contributed by atoms with E-state index in [1.165, 1.54) is 30.4 Å². The zero-order valence-electron chi connectivity index (χ0n) is 12.0. The fraction of sp³-hybridized carbons (Fsp3) is 0.625. The zero-order valence-corrected chi connectivity index (χ0v) is 12.0. The highest BCUT2D eigenvalue weighted by atomic mass is 16.5. The molecular formula is C16H25NO. The van der Waals surface area contributed by atoms with Gasteiger partial charge < -0.3 is 10.1 Å². The first-order valence-electron chi connectivity index (χ1n) is 7.03. The van der Waals surface area contributed by atoms with Crippen LogP contribution in [0.25, 0.3) is 0 Å². The van der Waals surface area contributed by atoms with Crippen LogP contribution in [0.2, 0.25) is 0 Å². The van der Waals surface area contributed by atoms with Crippen LogP contribution in [0.15, 0.2) is 18.2 Å². The van der Waals surface area contributed by atoms with Crippen molar-refractivity contribution in [2.45, 2.75) is 52.1 Å². The number of ether oxygens (including phenoxy) is 1. The first-order chi connectivity index (χ1) is 8.60. The molecule has 2 unspecified atom stereocenters. The van der Waals surface area contributed by atoms with Crippen molar-refractivity contribution in [1.29, 1.82) is 0 Å². The highest BCUT2D eigenvalue weighted by Crippen LogP contribution is 2.34. The highest BCUT2D eigenvalue weighted by molar-refractivity contribution is 5.40. The van der Waals surface area contributed by atoms with Gasteiger partial charge in [0, 0.05) is 12.1 Å². The molecule has 18 heavy (non-hydrogen) atoms. The van der Waals surface area contributed by atoms with Gasteiger partial charge in [0.15, 0.2) is 0 Å². The topological polar surface area (TPSA) is 21.3 Å². The molecule has 0 fully saturated rings. The summed E-state index contributed by atoms with van der Waals surface area (Å²) in [4.78, 5) is 0. The Balaban J connectivity index is 2.06. The zero-order chi connectivity index (χ0) is 13.1. The fourth-order valence-electron chi connectivity index (χ4n) is 3.00. The molecule has 1 N–H and O–H groups in total. The molecule has 2 atom stereocenters. The predicted molar refractivity (Wildman–Crippen MR) is 76.1 cm³/mol. The maximum atomic E-state index is 5.33. The molecule has 0 aliphatic heterocycles. The van der Waals surface area contributed by atoms with E-state index >= 15 is 0 Å². The Bertz CT molecular complexity index is 400. The summed E-state index contributed by atoms with van der Waals surface area (Å²) in [6.07, 6.45) is 3.63. The van der Waals surface area contributed by atoms with Crippen molar-refractivity contribution < 1.29 is 4.74 Å². The van der Waals surface area contributed by atoms with Gasteiger partial charge in [-0.15, -0.1) is 0 Å². The molecule has 1 aromatic rings. The predicted octanol–water partition coefficient (Wildman–Crippen LogP) is 3.71. The lowest BCUT2D eigenvalue weighted by Crippen LogP contribution is -2.30. The van der Waals surface area contributed by atoms with E-state index in [2.05, 4.69) is 44.3 Å². The van der Waals surface area contributed by atoms with Crippen LogP contribution in [0, 0.1) is 5.92 Å². The van der Waals surface area contributed by atoms with Crippen LogP contribution < -0.4 is 10.1 Å². The van der Waals surface area contributed by atoms with Gasteiger partial charge in [0.1, 0.15) is 5.75 Å². The Morgan fingerprint density at radius 3 is 2.78 bits per heavy atom. The van der Waals surface area contributed by atoms with Crippen molar-refractivity contribution in [2.75, 3.05) is 7.11 Å². The number of aryl methyl sites for hydroxylation is 1. The normalized spacial score (nSPS) is 19.9. The van der Waals surface area contributed by atoms with Gasteiger partial charge >= 0.3 is 0 Å². The Morgan fingerprint density at radius 1 is 1.33 bits per heavy atom. The lowest BCUT2D eigenvalue weighted by molar-refractivity contribution is 0.390. The van der Waals surface area contributed by atoms with Crippen molar-refractivity contribution >= 4 is 0 Å². The SMILES string of the molecule is COc1ccc2c(c1)C(NC(C)CC(C)C)CC2. The summed E-state index contributed by atoms with van der Waals surface area (Å²) in [5, 5.41) is 3.76. The number of hydrogen-bond acceptors (Lipinski definition) is 2. The first-order valence-corrected chi connectivity index (χ1v) is 7.03. The summed E-state index contributed by atoms with van der Waals surface area (Å²) >= 11 is 0. The van der Waals surface area contributed by atoms with E-state index in [1.54, 1.807) is 7.11 Å². The Morgan fingerprint density at radius 2 is 2.11 bits per heavy atom. The third-order valence-electron chi connectivity index (χ3n) is 3.74. The van der Waals surface area contributed by atoms with Crippen molar-refractivity contribution in [2.24, 2.45) is 5.92 Å². The number of methoxy groups -OCH3 is 1. The molecular weight excluding hydrogens is 222 g/mol. The molecule has 0 radical (unpaired) electrons. The first kappa shape index (κ1) is 13.4. The lowest BCUT2D eigenvalue weighted by atomic mass is 10.0. The van der Waals surface area contributed by atoms with Gasteiger partial charge in [0.05, 0.1) is 7.11 Å². The monoisotopic (exact) mass is 247 g/mol. The number of benzene rings is 1. The standard InChI is InChI=1S/C16H25NO/c1-11(2)9-12(3)17-16-8-6-13-5-7-14(18-4)10-15(13)16/h5,7,10-12,16-17H,6,8-9H2,1-4H3. The average molecular weight is 247 g/mol. The minimum absolute atomic E-state index is 0.504. The third-order valence-corrected chi connectivity index (χ3v) is 3.74. The van der Waals surface area contributed by atoms with Gasteiger partial charge in [-0.05, 0) is 55.4 Å². The number of nitrogens with one attached hydrogen (secondary N) is 1. The van der Waals surface area contributed by atoms with Crippen LogP contribution in [0.4, 0.5) is 0 Å². The molecule has 0 bridgehead atoms. The van der Waals surface area contributed by atoms with Gasteiger partial charge in [-0.1, -0.05) is 19.9 Å². The number of hydrogen-bond donors (Lipinski definition) is 1. The third kappa shape index (κ3) is 3.05. The molecule has 2 heteroatoms. The van der Waals surface area contributed by atoms with E-state index in [1.807, 2.05) is 0 Å². The quantitative estimate of drug-likeness (QED) is 0.856. The maximum absolute atomic E-state index is 5.33. The van der Waals surface area contributed by atoms with E-state index in [0.717, 1.165) is 11.7 Å². The van der Waals surface area contributed by atoms with Gasteiger partial charge in [-0.3, -0.25) is 0 Å². The van der Waals surface area contributed by atoms with E-state index in [4.69, 9.17) is 4.74 Å². The van der Waals surface area contributed by atoms with E-state index < -0.39 is 0 Å². The molecule has 1 aliphatic rings. The van der Waals surface area contributed by atoms with E-state index in [0.29, 0.717) is 12.1 Å². The van der Waals surface area contributed by atoms with Crippen LogP contribution in [-0.4, -0.2) is 13.2 Å². The van der Waals surface area contributed by atoms with Gasteiger partial charge in [0.25, 0.3) is 0 Å². The molecule has 0 heterocycles. The minimum Gasteiger partial charge on any atom is -0.497 e. The summed E-state index contributed by atoms with van der Waals surface area (Å²) in [7, 11) is 1.74. The smallest absolute Gasteiger partial charge is 0.119 e. The second-order valence-electron chi connectivity index (χ2n) is 5.85. The van der Waals surface area contributed by atoms with Crippen molar-refractivity contribution in [3.05, 3.63) is 29.3 Å². The average Bonchev–Trinajstić information content (AvgIpc) is 2.70. The summed E-state index contributed by atoms with van der Waals surface area (Å²) < 4.78 is 5.33. The molecule has 0 spiro atoms. The van der Waals surface area contributed by atoms with Crippen molar-refractivity contribution in [3.63, 3.8) is 0 Å². The fourth-order valence-corrected chi connectivity index (χ4v) is 3.00. The largest absolute Gasteiger partial charge is 0.497 e. The second-order valence-corrected chi connectivity index (χ2v) is 5.85. The summed E-state index contributed by atoms with van der Waals surface area (Å²) in [5.41, 5.74) is 2.91. The van der Waals surface area contributed by atoms with Crippen LogP contribution >= 0.6 is 0 Å². The molecule has 1 aromatic carbocycles. The van der Waals surface area contributed by atoms with Crippen LogP contribution in [-0.2, 0) is 6.42 Å². The van der Waals surface area contributed by atoms with Gasteiger partial charge in [-0.2, -0.15) is 0 Å². The van der Waals surface area contributed by atoms with E-state index in [9.17, 15) is 0 Å². The molecule has 2 nitrogen and oxygen atoms in total. The van der Waals surface area contributed by atoms with Crippen molar-refractivity contribution in [3.8, 4) is 5.75 Å². The highest BCUT2D eigenvalue weighted by Gasteiger charge is 2.24. The maximum Gasteiger partial charge on any atom is 0.119 e. The van der Waals surface area contributed by atoms with Crippen LogP contribution in [0.1, 0.15) is 50.8 Å². The number of rotatable bonds is 5. The Hall–Kier alpha value is -1.02. The minimum atomic E-state index is 0.504. The molecule has 100 valence electrons. The molecule has 0 saturated heterocycles. The Labute approximate surface area is 111 Å². The molecule has 0 saturated carbocycles. The van der Waals surface area contributed by atoms with Crippen molar-refractivity contribution in [1.82, 2.24) is 5.32 Å². The Kier molecular flexibility index (Phi) is 4.28. The van der Waals surface area contributed by atoms with Crippen LogP contribution in [0.5, 0.6) is 5.75 Å². The summed E-state index contributed by atoms with van der Waals surface area (Å²) in [5.74, 6) is 1.72.